The first-order valence-corrected chi connectivity index (χ1v) is 7.95. The Morgan fingerprint density at radius 3 is 2.60 bits per heavy atom. The van der Waals surface area contributed by atoms with Gasteiger partial charge in [0.15, 0.2) is 18.1 Å². The van der Waals surface area contributed by atoms with Crippen molar-refractivity contribution in [2.45, 2.75) is 19.9 Å². The van der Waals surface area contributed by atoms with E-state index < -0.39 is 5.97 Å². The topological polar surface area (TPSA) is 73.9 Å². The summed E-state index contributed by atoms with van der Waals surface area (Å²) in [6.07, 6.45) is 0. The molecule has 6 nitrogen and oxygen atoms in total. The fourth-order valence-corrected chi connectivity index (χ4v) is 2.46. The van der Waals surface area contributed by atoms with Crippen molar-refractivity contribution in [1.82, 2.24) is 5.32 Å². The van der Waals surface area contributed by atoms with E-state index >= 15 is 0 Å². The van der Waals surface area contributed by atoms with Crippen molar-refractivity contribution in [3.05, 3.63) is 59.2 Å². The van der Waals surface area contributed by atoms with Crippen molar-refractivity contribution >= 4 is 11.9 Å². The highest BCUT2D eigenvalue weighted by Crippen LogP contribution is 2.32. The number of ether oxygens (including phenoxy) is 3. The molecule has 0 bridgehead atoms. The Morgan fingerprint density at radius 1 is 1.12 bits per heavy atom. The maximum atomic E-state index is 12.0. The molecule has 1 amide bonds. The van der Waals surface area contributed by atoms with Gasteiger partial charge in [0.25, 0.3) is 5.91 Å². The predicted octanol–water partition coefficient (Wildman–Crippen LogP) is 2.76. The molecule has 0 spiro atoms. The van der Waals surface area contributed by atoms with E-state index in [9.17, 15) is 9.59 Å². The third kappa shape index (κ3) is 4.09. The molecule has 2 aromatic rings. The molecule has 0 aromatic heterocycles. The van der Waals surface area contributed by atoms with Gasteiger partial charge in [0, 0.05) is 0 Å². The van der Waals surface area contributed by atoms with Crippen LogP contribution in [0.1, 0.15) is 34.5 Å². The number of amides is 1. The molecule has 0 radical (unpaired) electrons. The SMILES string of the molecule is Cc1ccc(C(C)NC(=O)COC(=O)c2ccc3c(c2)OCO3)cc1. The van der Waals surface area contributed by atoms with E-state index in [1.54, 1.807) is 12.1 Å². The quantitative estimate of drug-likeness (QED) is 0.847. The molecule has 0 fully saturated rings. The van der Waals surface area contributed by atoms with Crippen LogP contribution in [0.5, 0.6) is 11.5 Å². The minimum atomic E-state index is -0.587. The molecule has 1 N–H and O–H groups in total. The number of hydrogen-bond acceptors (Lipinski definition) is 5. The summed E-state index contributed by atoms with van der Waals surface area (Å²) in [6.45, 7) is 3.67. The van der Waals surface area contributed by atoms with E-state index in [0.29, 0.717) is 17.1 Å². The molecular weight excluding hydrogens is 322 g/mol. The zero-order valence-corrected chi connectivity index (χ0v) is 14.1. The molecule has 2 aromatic carbocycles. The van der Waals surface area contributed by atoms with E-state index in [2.05, 4.69) is 5.32 Å². The van der Waals surface area contributed by atoms with Crippen molar-refractivity contribution < 1.29 is 23.8 Å². The smallest absolute Gasteiger partial charge is 0.338 e. The van der Waals surface area contributed by atoms with Crippen LogP contribution in [-0.4, -0.2) is 25.3 Å². The second kappa shape index (κ2) is 7.25. The Morgan fingerprint density at radius 2 is 1.84 bits per heavy atom. The summed E-state index contributed by atoms with van der Waals surface area (Å²) in [5.74, 6) is 0.131. The van der Waals surface area contributed by atoms with Gasteiger partial charge < -0.3 is 19.5 Å². The van der Waals surface area contributed by atoms with Gasteiger partial charge in [-0.15, -0.1) is 0 Å². The van der Waals surface area contributed by atoms with Crippen LogP contribution >= 0.6 is 0 Å². The highest BCUT2D eigenvalue weighted by Gasteiger charge is 2.18. The minimum absolute atomic E-state index is 0.132. The monoisotopic (exact) mass is 341 g/mol. The lowest BCUT2D eigenvalue weighted by Gasteiger charge is -2.14. The molecule has 3 rings (SSSR count). The van der Waals surface area contributed by atoms with Crippen LogP contribution in [-0.2, 0) is 9.53 Å². The van der Waals surface area contributed by atoms with Gasteiger partial charge in [-0.05, 0) is 37.6 Å². The number of benzene rings is 2. The number of aryl methyl sites for hydroxylation is 1. The van der Waals surface area contributed by atoms with Crippen LogP contribution in [0.2, 0.25) is 0 Å². The number of fused-ring (bicyclic) bond motifs is 1. The minimum Gasteiger partial charge on any atom is -0.454 e. The molecule has 1 heterocycles. The Hall–Kier alpha value is -3.02. The number of hydrogen-bond donors (Lipinski definition) is 1. The first-order chi connectivity index (χ1) is 12.0. The van der Waals surface area contributed by atoms with Gasteiger partial charge in [-0.1, -0.05) is 29.8 Å². The van der Waals surface area contributed by atoms with Crippen molar-refractivity contribution in [3.8, 4) is 11.5 Å². The van der Waals surface area contributed by atoms with Gasteiger partial charge in [-0.25, -0.2) is 4.79 Å². The predicted molar refractivity (Wildman–Crippen MR) is 90.6 cm³/mol. The van der Waals surface area contributed by atoms with Crippen molar-refractivity contribution in [1.29, 1.82) is 0 Å². The van der Waals surface area contributed by atoms with Crippen molar-refractivity contribution in [2.24, 2.45) is 0 Å². The third-order valence-corrected chi connectivity index (χ3v) is 3.90. The molecule has 1 aliphatic heterocycles. The molecule has 0 aliphatic carbocycles. The Kier molecular flexibility index (Phi) is 4.88. The largest absolute Gasteiger partial charge is 0.454 e. The fourth-order valence-electron chi connectivity index (χ4n) is 2.46. The van der Waals surface area contributed by atoms with Gasteiger partial charge in [0.1, 0.15) is 0 Å². The van der Waals surface area contributed by atoms with E-state index in [1.165, 1.54) is 6.07 Å². The normalized spacial score (nSPS) is 13.2. The van der Waals surface area contributed by atoms with Crippen LogP contribution in [0.4, 0.5) is 0 Å². The Bertz CT molecular complexity index is 785. The molecule has 0 saturated carbocycles. The Labute approximate surface area is 145 Å². The van der Waals surface area contributed by atoms with Crippen LogP contribution in [0.3, 0.4) is 0 Å². The van der Waals surface area contributed by atoms with Crippen LogP contribution < -0.4 is 14.8 Å². The van der Waals surface area contributed by atoms with Gasteiger partial charge in [0.2, 0.25) is 6.79 Å². The van der Waals surface area contributed by atoms with E-state index in [4.69, 9.17) is 14.2 Å². The zero-order chi connectivity index (χ0) is 17.8. The number of carbonyl (C=O) groups excluding carboxylic acids is 2. The standard InChI is InChI=1S/C19H19NO5/c1-12-3-5-14(6-4-12)13(2)20-18(21)10-23-19(22)15-7-8-16-17(9-15)25-11-24-16/h3-9,13H,10-11H2,1-2H3,(H,20,21). The molecular formula is C19H19NO5. The molecule has 0 saturated heterocycles. The Balaban J connectivity index is 1.51. The molecule has 1 aliphatic rings. The summed E-state index contributed by atoms with van der Waals surface area (Å²) in [6, 6.07) is 12.5. The summed E-state index contributed by atoms with van der Waals surface area (Å²) in [5.41, 5.74) is 2.45. The highest BCUT2D eigenvalue weighted by atomic mass is 16.7. The number of esters is 1. The third-order valence-electron chi connectivity index (χ3n) is 3.90. The molecule has 6 heteroatoms. The first kappa shape index (κ1) is 16.8. The van der Waals surface area contributed by atoms with E-state index in [-0.39, 0.29) is 25.3 Å². The molecule has 1 unspecified atom stereocenters. The van der Waals surface area contributed by atoms with Crippen LogP contribution in [0.15, 0.2) is 42.5 Å². The first-order valence-electron chi connectivity index (χ1n) is 7.95. The lowest BCUT2D eigenvalue weighted by Crippen LogP contribution is -2.31. The van der Waals surface area contributed by atoms with E-state index in [1.807, 2.05) is 38.1 Å². The zero-order valence-electron chi connectivity index (χ0n) is 14.1. The molecule has 1 atom stereocenters. The fraction of sp³-hybridized carbons (Fsp3) is 0.263. The highest BCUT2D eigenvalue weighted by molar-refractivity contribution is 5.92. The number of carbonyl (C=O) groups is 2. The van der Waals surface area contributed by atoms with Gasteiger partial charge in [0.05, 0.1) is 11.6 Å². The summed E-state index contributed by atoms with van der Waals surface area (Å²) in [5, 5.41) is 2.80. The van der Waals surface area contributed by atoms with Gasteiger partial charge >= 0.3 is 5.97 Å². The summed E-state index contributed by atoms with van der Waals surface area (Å²) < 4.78 is 15.5. The summed E-state index contributed by atoms with van der Waals surface area (Å²) in [7, 11) is 0. The van der Waals surface area contributed by atoms with Gasteiger partial charge in [-0.3, -0.25) is 4.79 Å². The van der Waals surface area contributed by atoms with E-state index in [0.717, 1.165) is 11.1 Å². The number of nitrogens with one attached hydrogen (secondary N) is 1. The maximum absolute atomic E-state index is 12.0. The average molecular weight is 341 g/mol. The second-order valence-corrected chi connectivity index (χ2v) is 5.84. The number of rotatable bonds is 5. The summed E-state index contributed by atoms with van der Waals surface area (Å²) in [4.78, 5) is 24.0. The van der Waals surface area contributed by atoms with Crippen LogP contribution in [0, 0.1) is 6.92 Å². The maximum Gasteiger partial charge on any atom is 0.338 e. The second-order valence-electron chi connectivity index (χ2n) is 5.84. The van der Waals surface area contributed by atoms with Gasteiger partial charge in [-0.2, -0.15) is 0 Å². The molecule has 130 valence electrons. The summed E-state index contributed by atoms with van der Waals surface area (Å²) >= 11 is 0. The van der Waals surface area contributed by atoms with Crippen LogP contribution in [0.25, 0.3) is 0 Å². The molecule has 25 heavy (non-hydrogen) atoms. The van der Waals surface area contributed by atoms with Crippen molar-refractivity contribution in [3.63, 3.8) is 0 Å². The lowest BCUT2D eigenvalue weighted by molar-refractivity contribution is -0.124. The van der Waals surface area contributed by atoms with Crippen molar-refractivity contribution in [2.75, 3.05) is 13.4 Å². The average Bonchev–Trinajstić information content (AvgIpc) is 3.07. The lowest BCUT2D eigenvalue weighted by atomic mass is 10.1.